The van der Waals surface area contributed by atoms with Crippen LogP contribution in [0.5, 0.6) is 5.75 Å². The molecule has 20 heavy (non-hydrogen) atoms. The van der Waals surface area contributed by atoms with Crippen molar-refractivity contribution in [1.82, 2.24) is 0 Å². The van der Waals surface area contributed by atoms with Crippen molar-refractivity contribution in [1.29, 1.82) is 0 Å². The lowest BCUT2D eigenvalue weighted by Gasteiger charge is -2.16. The van der Waals surface area contributed by atoms with Crippen molar-refractivity contribution in [3.05, 3.63) is 35.4 Å². The van der Waals surface area contributed by atoms with Crippen molar-refractivity contribution in [3.63, 3.8) is 0 Å². The maximum atomic E-state index is 10.7. The van der Waals surface area contributed by atoms with Crippen LogP contribution in [0.1, 0.15) is 56.6 Å². The van der Waals surface area contributed by atoms with Gasteiger partial charge in [0.15, 0.2) is 0 Å². The Hall–Kier alpha value is -1.77. The van der Waals surface area contributed by atoms with E-state index in [1.54, 1.807) is 13.2 Å². The van der Waals surface area contributed by atoms with E-state index < -0.39 is 5.97 Å². The molecule has 0 saturated heterocycles. The van der Waals surface area contributed by atoms with E-state index in [4.69, 9.17) is 9.84 Å². The first kappa shape index (κ1) is 16.3. The summed E-state index contributed by atoms with van der Waals surface area (Å²) >= 11 is 0. The van der Waals surface area contributed by atoms with Gasteiger partial charge in [0.05, 0.1) is 7.11 Å². The van der Waals surface area contributed by atoms with Crippen LogP contribution in [0.4, 0.5) is 0 Å². The Labute approximate surface area is 121 Å². The molecule has 0 aliphatic carbocycles. The summed E-state index contributed by atoms with van der Waals surface area (Å²) in [4.78, 5) is 10.7. The topological polar surface area (TPSA) is 46.5 Å². The predicted molar refractivity (Wildman–Crippen MR) is 82.2 cm³/mol. The van der Waals surface area contributed by atoms with Gasteiger partial charge in [-0.2, -0.15) is 0 Å². The highest BCUT2D eigenvalue weighted by molar-refractivity contribution is 5.85. The second kappa shape index (κ2) is 8.41. The number of unbranched alkanes of at least 4 members (excludes halogenated alkanes) is 2. The molecule has 1 aromatic carbocycles. The average molecular weight is 276 g/mol. The molecule has 1 N–H and O–H groups in total. The minimum absolute atomic E-state index is 0.394. The van der Waals surface area contributed by atoms with Crippen molar-refractivity contribution >= 4 is 12.0 Å². The molecule has 3 heteroatoms. The lowest BCUT2D eigenvalue weighted by Crippen LogP contribution is -1.99. The zero-order chi connectivity index (χ0) is 15.0. The average Bonchev–Trinajstić information content (AvgIpc) is 2.45. The number of benzene rings is 1. The van der Waals surface area contributed by atoms with E-state index in [9.17, 15) is 4.79 Å². The summed E-state index contributed by atoms with van der Waals surface area (Å²) in [7, 11) is 1.65. The van der Waals surface area contributed by atoms with Gasteiger partial charge in [-0.1, -0.05) is 39.2 Å². The van der Waals surface area contributed by atoms with E-state index in [0.29, 0.717) is 5.92 Å². The van der Waals surface area contributed by atoms with Crippen molar-refractivity contribution < 1.29 is 14.6 Å². The molecule has 0 fully saturated rings. The highest BCUT2D eigenvalue weighted by Gasteiger charge is 2.11. The van der Waals surface area contributed by atoms with E-state index in [-0.39, 0.29) is 0 Å². The molecular weight excluding hydrogens is 252 g/mol. The highest BCUT2D eigenvalue weighted by atomic mass is 16.5. The third-order valence-corrected chi connectivity index (χ3v) is 3.47. The van der Waals surface area contributed by atoms with Gasteiger partial charge >= 0.3 is 5.97 Å². The highest BCUT2D eigenvalue weighted by Crippen LogP contribution is 2.29. The number of aliphatic carboxylic acids is 1. The zero-order valence-corrected chi connectivity index (χ0v) is 12.6. The largest absolute Gasteiger partial charge is 0.497 e. The molecule has 0 bridgehead atoms. The molecule has 0 spiro atoms. The molecule has 0 amide bonds. The van der Waals surface area contributed by atoms with Gasteiger partial charge in [-0.25, -0.2) is 4.79 Å². The molecule has 0 radical (unpaired) electrons. The third-order valence-electron chi connectivity index (χ3n) is 3.47. The number of carboxylic acids is 1. The number of hydrogen-bond acceptors (Lipinski definition) is 2. The smallest absolute Gasteiger partial charge is 0.328 e. The number of rotatable bonds is 8. The van der Waals surface area contributed by atoms with Crippen LogP contribution < -0.4 is 4.74 Å². The molecule has 1 unspecified atom stereocenters. The number of ether oxygens (including phenoxy) is 1. The number of hydrogen-bond donors (Lipinski definition) is 1. The summed E-state index contributed by atoms with van der Waals surface area (Å²) in [6.45, 7) is 4.37. The fourth-order valence-corrected chi connectivity index (χ4v) is 2.28. The van der Waals surface area contributed by atoms with E-state index in [0.717, 1.165) is 23.3 Å². The minimum atomic E-state index is -0.926. The fourth-order valence-electron chi connectivity index (χ4n) is 2.28. The summed E-state index contributed by atoms with van der Waals surface area (Å²) in [6.07, 6.45) is 7.58. The second-order valence-corrected chi connectivity index (χ2v) is 5.06. The number of methoxy groups -OCH3 is 1. The van der Waals surface area contributed by atoms with Gasteiger partial charge in [-0.15, -0.1) is 0 Å². The van der Waals surface area contributed by atoms with Crippen LogP contribution in [0.25, 0.3) is 6.08 Å². The monoisotopic (exact) mass is 276 g/mol. The van der Waals surface area contributed by atoms with E-state index in [1.165, 1.54) is 25.3 Å². The molecule has 1 rings (SSSR count). The van der Waals surface area contributed by atoms with Crippen molar-refractivity contribution in [2.75, 3.05) is 7.11 Å². The summed E-state index contributed by atoms with van der Waals surface area (Å²) in [5.74, 6) is 0.283. The van der Waals surface area contributed by atoms with Crippen molar-refractivity contribution in [3.8, 4) is 5.75 Å². The first-order valence-corrected chi connectivity index (χ1v) is 7.17. The summed E-state index contributed by atoms with van der Waals surface area (Å²) < 4.78 is 5.27. The summed E-state index contributed by atoms with van der Waals surface area (Å²) in [5.41, 5.74) is 2.11. The van der Waals surface area contributed by atoms with Crippen LogP contribution in [0.15, 0.2) is 24.3 Å². The van der Waals surface area contributed by atoms with Crippen LogP contribution in [0.3, 0.4) is 0 Å². The van der Waals surface area contributed by atoms with Crippen molar-refractivity contribution in [2.24, 2.45) is 0 Å². The molecule has 0 aliphatic heterocycles. The quantitative estimate of drug-likeness (QED) is 0.562. The zero-order valence-electron chi connectivity index (χ0n) is 12.6. The van der Waals surface area contributed by atoms with Crippen LogP contribution in [-0.4, -0.2) is 18.2 Å². The maximum absolute atomic E-state index is 10.7. The second-order valence-electron chi connectivity index (χ2n) is 5.06. The van der Waals surface area contributed by atoms with Gasteiger partial charge in [0.1, 0.15) is 5.75 Å². The molecule has 110 valence electrons. The Morgan fingerprint density at radius 3 is 2.75 bits per heavy atom. The summed E-state index contributed by atoms with van der Waals surface area (Å²) in [5, 5.41) is 8.77. The molecule has 0 heterocycles. The first-order chi connectivity index (χ1) is 9.58. The Morgan fingerprint density at radius 1 is 1.40 bits per heavy atom. The Morgan fingerprint density at radius 2 is 2.15 bits per heavy atom. The lowest BCUT2D eigenvalue weighted by atomic mass is 9.91. The maximum Gasteiger partial charge on any atom is 0.328 e. The molecule has 0 aromatic heterocycles. The molecule has 0 aliphatic rings. The van der Waals surface area contributed by atoms with Gasteiger partial charge in [-0.3, -0.25) is 0 Å². The Kier molecular flexibility index (Phi) is 6.85. The number of carbonyl (C=O) groups is 1. The molecule has 3 nitrogen and oxygen atoms in total. The minimum Gasteiger partial charge on any atom is -0.497 e. The molecular formula is C17H24O3. The Balaban J connectivity index is 2.96. The van der Waals surface area contributed by atoms with Crippen LogP contribution in [0.2, 0.25) is 0 Å². The normalized spacial score (nSPS) is 12.6. The third kappa shape index (κ3) is 5.08. The number of carboxylic acid groups (broad SMARTS) is 1. The molecule has 0 saturated carbocycles. The molecule has 1 atom stereocenters. The Bertz CT molecular complexity index is 463. The van der Waals surface area contributed by atoms with E-state index in [1.807, 2.05) is 18.2 Å². The van der Waals surface area contributed by atoms with Gasteiger partial charge in [0.25, 0.3) is 0 Å². The van der Waals surface area contributed by atoms with Gasteiger partial charge in [0, 0.05) is 6.08 Å². The fraction of sp³-hybridized carbons (Fsp3) is 0.471. The van der Waals surface area contributed by atoms with Gasteiger partial charge < -0.3 is 9.84 Å². The van der Waals surface area contributed by atoms with E-state index >= 15 is 0 Å². The first-order valence-electron chi connectivity index (χ1n) is 7.17. The van der Waals surface area contributed by atoms with Crippen LogP contribution in [0, 0.1) is 0 Å². The van der Waals surface area contributed by atoms with Crippen LogP contribution >= 0.6 is 0 Å². The van der Waals surface area contributed by atoms with Crippen molar-refractivity contribution in [2.45, 2.75) is 45.4 Å². The van der Waals surface area contributed by atoms with Crippen LogP contribution in [-0.2, 0) is 4.79 Å². The van der Waals surface area contributed by atoms with Gasteiger partial charge in [0.2, 0.25) is 0 Å². The lowest BCUT2D eigenvalue weighted by molar-refractivity contribution is -0.131. The molecule has 1 aromatic rings. The SMILES string of the molecule is CCCCCC(C)c1cc(OC)ccc1C=CC(=O)O. The van der Waals surface area contributed by atoms with Gasteiger partial charge in [-0.05, 0) is 41.7 Å². The standard InChI is InChI=1S/C17H24O3/c1-4-5-6-7-13(2)16-12-15(20-3)10-8-14(16)9-11-17(18)19/h8-13H,4-7H2,1-3H3,(H,18,19). The predicted octanol–water partition coefficient (Wildman–Crippen LogP) is 4.48. The van der Waals surface area contributed by atoms with E-state index in [2.05, 4.69) is 13.8 Å². The summed E-state index contributed by atoms with van der Waals surface area (Å²) in [6, 6.07) is 5.80.